The van der Waals surface area contributed by atoms with Gasteiger partial charge in [0.2, 0.25) is 0 Å². The number of aliphatic hydroxyl groups is 2. The molecule has 4 aromatic heterocycles. The van der Waals surface area contributed by atoms with Crippen LogP contribution in [0.25, 0.3) is 11.0 Å². The predicted molar refractivity (Wildman–Crippen MR) is 201 cm³/mol. The van der Waals surface area contributed by atoms with Crippen LogP contribution in [0.1, 0.15) is 37.7 Å². The van der Waals surface area contributed by atoms with E-state index in [2.05, 4.69) is 33.3 Å². The molecule has 1 aromatic carbocycles. The van der Waals surface area contributed by atoms with Crippen LogP contribution in [0.15, 0.2) is 67.3 Å². The maximum absolute atomic E-state index is 15.0. The van der Waals surface area contributed by atoms with E-state index in [9.17, 15) is 28.8 Å². The molecular formula is C32H42FN8O15P3. The van der Waals surface area contributed by atoms with Gasteiger partial charge in [0, 0.05) is 5.92 Å². The molecule has 10 N–H and O–H groups in total. The zero-order chi connectivity index (χ0) is 43.1. The van der Waals surface area contributed by atoms with Crippen molar-refractivity contribution in [2.75, 3.05) is 24.7 Å². The molecule has 0 saturated carbocycles. The van der Waals surface area contributed by atoms with Crippen LogP contribution in [0.2, 0.25) is 0 Å². The van der Waals surface area contributed by atoms with E-state index in [4.69, 9.17) is 40.4 Å². The van der Waals surface area contributed by atoms with Crippen LogP contribution >= 0.6 is 23.5 Å². The molecule has 7 rings (SSSR count). The summed E-state index contributed by atoms with van der Waals surface area (Å²) in [6.07, 6.45) is -3.60. The molecule has 322 valence electrons. The van der Waals surface area contributed by atoms with Gasteiger partial charge in [-0.3, -0.25) is 4.52 Å². The number of rotatable bonds is 13. The molecule has 10 atom stereocenters. The molecule has 2 unspecified atom stereocenters. The first-order chi connectivity index (χ1) is 27.6. The molecule has 2 fully saturated rings. The number of nitrogens with two attached hydrogens (primary N) is 2. The molecule has 0 radical (unpaired) electrons. The summed E-state index contributed by atoms with van der Waals surface area (Å²) < 4.78 is 81.5. The highest BCUT2D eigenvalue weighted by molar-refractivity contribution is 7.66. The summed E-state index contributed by atoms with van der Waals surface area (Å²) in [7, 11) is -16.8. The van der Waals surface area contributed by atoms with Crippen molar-refractivity contribution in [3.05, 3.63) is 84.2 Å². The minimum atomic E-state index is -5.73. The van der Waals surface area contributed by atoms with Crippen molar-refractivity contribution >= 4 is 46.1 Å². The van der Waals surface area contributed by atoms with Gasteiger partial charge in [0.15, 0.2) is 17.8 Å². The first-order valence-corrected chi connectivity index (χ1v) is 22.0. The second kappa shape index (κ2) is 16.9. The van der Waals surface area contributed by atoms with Crippen molar-refractivity contribution in [2.45, 2.75) is 69.2 Å². The minimum Gasteiger partial charge on any atom is -0.394 e. The van der Waals surface area contributed by atoms with E-state index >= 15 is 4.39 Å². The van der Waals surface area contributed by atoms with Crippen LogP contribution < -0.4 is 11.5 Å². The first-order valence-electron chi connectivity index (χ1n) is 17.5. The van der Waals surface area contributed by atoms with Gasteiger partial charge in [-0.05, 0) is 43.7 Å². The Morgan fingerprint density at radius 2 is 1.36 bits per heavy atom. The molecule has 2 aliphatic rings. The van der Waals surface area contributed by atoms with Gasteiger partial charge in [-0.25, -0.2) is 37.1 Å². The van der Waals surface area contributed by atoms with Crippen molar-refractivity contribution in [3.8, 4) is 0 Å². The van der Waals surface area contributed by atoms with Gasteiger partial charge in [0.1, 0.15) is 47.1 Å². The minimum absolute atomic E-state index is 0.00782. The Balaban J connectivity index is 0.000000201. The molecule has 2 saturated heterocycles. The molecule has 6 heterocycles. The standard InChI is InChI=1S/C20H24N4O3.C12H18FN4O12P3/c1-13-16(10-25)27-20(2,18(13)26-11-14-6-4-3-5-7-14)17-9-8-15-19(21)22-12-23-24(15)17;1-12(8-3-2-6-11(14)15-5-16-17(6)8)10(13)9(18)7(27-12)4-26-31(22,23)29-32(24,25)28-30(19,20)21/h3-9,12-13,16,18,25H,10-11H2,1-2H3,(H2,21,22,23);2-3,5,7,9-10,18H,4H2,1H3,(H,22,23)(H,24,25)(H2,14,15,16)(H2,19,20,21)/t13-,16-,18-,20+;7-,9-,10-,12+/m11/s1. The molecule has 27 heteroatoms. The highest BCUT2D eigenvalue weighted by atomic mass is 31.3. The number of nitrogen functional groups attached to an aromatic ring is 2. The molecule has 0 aliphatic carbocycles. The third-order valence-electron chi connectivity index (χ3n) is 9.86. The van der Waals surface area contributed by atoms with E-state index in [-0.39, 0.29) is 36.2 Å². The number of nitrogens with zero attached hydrogens (tertiary/aromatic N) is 6. The lowest BCUT2D eigenvalue weighted by atomic mass is 9.88. The lowest BCUT2D eigenvalue weighted by molar-refractivity contribution is -0.111. The number of phosphoric ester groups is 1. The number of alkyl halides is 1. The highest BCUT2D eigenvalue weighted by Crippen LogP contribution is 2.66. The Bertz CT molecular complexity index is 2430. The SMILES string of the molecule is C[C@@]1(c2ccc3c(N)ncnn23)O[C@H](COP(=O)(O)OP(=O)(O)OP(=O)(O)O)[C@@H](O)[C@H]1F.C[C@H]1[C@@H](OCc2ccccc2)[C@](C)(c2ccc3c(N)ncnn23)O[C@@H]1CO. The van der Waals surface area contributed by atoms with Gasteiger partial charge < -0.3 is 55.5 Å². The van der Waals surface area contributed by atoms with Crippen LogP contribution in [0.3, 0.4) is 0 Å². The van der Waals surface area contributed by atoms with Crippen LogP contribution in [0, 0.1) is 5.92 Å². The number of phosphoric acid groups is 3. The van der Waals surface area contributed by atoms with Gasteiger partial charge in [-0.15, -0.1) is 0 Å². The van der Waals surface area contributed by atoms with Crippen LogP contribution in [0.5, 0.6) is 0 Å². The quantitative estimate of drug-likeness (QED) is 0.0785. The zero-order valence-electron chi connectivity index (χ0n) is 31.4. The predicted octanol–water partition coefficient (Wildman–Crippen LogP) is 2.11. The summed E-state index contributed by atoms with van der Waals surface area (Å²) in [5.41, 5.74) is 12.2. The van der Waals surface area contributed by atoms with Crippen LogP contribution in [0.4, 0.5) is 16.0 Å². The van der Waals surface area contributed by atoms with Gasteiger partial charge in [-0.2, -0.15) is 18.8 Å². The number of aliphatic hydroxyl groups excluding tert-OH is 2. The smallest absolute Gasteiger partial charge is 0.394 e. The van der Waals surface area contributed by atoms with E-state index in [0.29, 0.717) is 17.9 Å². The highest BCUT2D eigenvalue weighted by Gasteiger charge is 2.56. The van der Waals surface area contributed by atoms with E-state index in [0.717, 1.165) is 23.1 Å². The summed E-state index contributed by atoms with van der Waals surface area (Å²) >= 11 is 0. The van der Waals surface area contributed by atoms with Gasteiger partial charge in [-0.1, -0.05) is 37.3 Å². The number of benzene rings is 1. The van der Waals surface area contributed by atoms with Gasteiger partial charge >= 0.3 is 23.5 Å². The number of halogens is 1. The third-order valence-corrected chi connectivity index (χ3v) is 13.7. The lowest BCUT2D eigenvalue weighted by Crippen LogP contribution is -2.39. The second-order valence-electron chi connectivity index (χ2n) is 13.9. The largest absolute Gasteiger partial charge is 0.490 e. The Labute approximate surface area is 334 Å². The Hall–Kier alpha value is -3.80. The van der Waals surface area contributed by atoms with E-state index < -0.39 is 59.7 Å². The summed E-state index contributed by atoms with van der Waals surface area (Å²) in [5, 5.41) is 28.3. The van der Waals surface area contributed by atoms with Crippen LogP contribution in [-0.2, 0) is 58.9 Å². The monoisotopic (exact) mass is 890 g/mol. The normalized spacial score (nSPS) is 29.3. The Morgan fingerprint density at radius 3 is 1.90 bits per heavy atom. The maximum atomic E-state index is 15.0. The summed E-state index contributed by atoms with van der Waals surface area (Å²) in [4.78, 5) is 43.5. The molecule has 5 aromatic rings. The summed E-state index contributed by atoms with van der Waals surface area (Å²) in [6.45, 7) is 4.67. The van der Waals surface area contributed by atoms with Crippen molar-refractivity contribution in [3.63, 3.8) is 0 Å². The molecular weight excluding hydrogens is 848 g/mol. The van der Waals surface area contributed by atoms with Crippen molar-refractivity contribution in [1.29, 1.82) is 0 Å². The number of ether oxygens (including phenoxy) is 3. The Morgan fingerprint density at radius 1 is 0.814 bits per heavy atom. The molecule has 59 heavy (non-hydrogen) atoms. The number of hydrogen-bond donors (Lipinski definition) is 8. The van der Waals surface area contributed by atoms with Crippen molar-refractivity contribution in [2.24, 2.45) is 5.92 Å². The van der Waals surface area contributed by atoms with Gasteiger partial charge in [0.25, 0.3) is 0 Å². The second-order valence-corrected chi connectivity index (χ2v) is 18.3. The van der Waals surface area contributed by atoms with Crippen LogP contribution in [-0.4, -0.2) is 103 Å². The van der Waals surface area contributed by atoms with E-state index in [1.54, 1.807) is 4.52 Å². The number of anilines is 2. The fraction of sp³-hybridized carbons (Fsp3) is 0.438. The van der Waals surface area contributed by atoms with Crippen molar-refractivity contribution < 1.29 is 75.2 Å². The molecule has 0 bridgehead atoms. The fourth-order valence-electron chi connectivity index (χ4n) is 7.09. The number of aromatic nitrogens is 6. The maximum Gasteiger partial charge on any atom is 0.490 e. The molecule has 2 aliphatic heterocycles. The lowest BCUT2D eigenvalue weighted by Gasteiger charge is -2.31. The first kappa shape index (κ1) is 44.7. The van der Waals surface area contributed by atoms with Crippen molar-refractivity contribution in [1.82, 2.24) is 29.2 Å². The molecule has 0 amide bonds. The topological polar surface area (TPSA) is 340 Å². The number of fused-ring (bicyclic) bond motifs is 2. The van der Waals surface area contributed by atoms with E-state index in [1.165, 1.54) is 29.9 Å². The summed E-state index contributed by atoms with van der Waals surface area (Å²) in [6, 6.07) is 16.7. The van der Waals surface area contributed by atoms with Gasteiger partial charge in [0.05, 0.1) is 43.4 Å². The average molecular weight is 891 g/mol. The Kier molecular flexibility index (Phi) is 12.8. The molecule has 23 nitrogen and oxygen atoms in total. The third kappa shape index (κ3) is 9.42. The molecule has 0 spiro atoms. The zero-order valence-corrected chi connectivity index (χ0v) is 34.0. The fourth-order valence-corrected chi connectivity index (χ4v) is 10.1. The number of hydrogen-bond acceptors (Lipinski definition) is 17. The van der Waals surface area contributed by atoms with E-state index in [1.807, 2.05) is 56.3 Å². The average Bonchev–Trinajstić information content (AvgIpc) is 3.91. The summed E-state index contributed by atoms with van der Waals surface area (Å²) in [5.74, 6) is 0.507.